The van der Waals surface area contributed by atoms with Crippen molar-refractivity contribution in [2.24, 2.45) is 11.8 Å². The molecule has 5 heterocycles. The van der Waals surface area contributed by atoms with Crippen LogP contribution in [0.4, 0.5) is 5.82 Å². The molecule has 0 saturated carbocycles. The number of thioether (sulfide) groups is 1. The third-order valence-electron chi connectivity index (χ3n) is 13.0. The molecule has 0 bridgehead atoms. The van der Waals surface area contributed by atoms with Crippen LogP contribution in [0, 0.1) is 11.8 Å². The molecule has 65 heavy (non-hydrogen) atoms. The summed E-state index contributed by atoms with van der Waals surface area (Å²) in [5, 5.41) is 8.06. The lowest BCUT2D eigenvalue weighted by atomic mass is 9.79. The Balaban J connectivity index is 0.751. The van der Waals surface area contributed by atoms with Gasteiger partial charge >= 0.3 is 0 Å². The quantitative estimate of drug-likeness (QED) is 0.0894. The molecule has 2 aromatic heterocycles. The lowest BCUT2D eigenvalue weighted by Gasteiger charge is -2.35. The van der Waals surface area contributed by atoms with Crippen molar-refractivity contribution in [1.29, 1.82) is 0 Å². The molecule has 4 aliphatic rings. The Hall–Kier alpha value is -6.46. The van der Waals surface area contributed by atoms with Gasteiger partial charge in [-0.3, -0.25) is 39.0 Å². The van der Waals surface area contributed by atoms with Crippen molar-refractivity contribution >= 4 is 63.8 Å². The number of nitrogen functional groups attached to an aromatic ring is 1. The van der Waals surface area contributed by atoms with Crippen molar-refractivity contribution < 1.29 is 33.5 Å². The Labute approximate surface area is 380 Å². The molecule has 3 aliphatic heterocycles. The van der Waals surface area contributed by atoms with Gasteiger partial charge in [0.05, 0.1) is 17.2 Å². The number of anilines is 1. The monoisotopic (exact) mass is 897 g/mol. The third-order valence-corrected chi connectivity index (χ3v) is 14.1. The molecule has 1 aliphatic carbocycles. The number of carbonyl (C=O) groups is 6. The molecular weight excluding hydrogens is 847 g/mol. The highest BCUT2D eigenvalue weighted by molar-refractivity contribution is 8.00. The molecule has 0 radical (unpaired) electrons. The number of nitrogens with one attached hydrogen (secondary N) is 1. The molecule has 0 spiro atoms. The standard InChI is InChI=1S/C48H51N9O7S/c49-46-43-44(30-13-15-33(16-14-30)64-32-8-2-1-3-9-32)53-57(47(43)51-29-50-46)31-7-5-22-56(27-31)40(60)12-6-21-54-23-25-55(26-24-54)41(61)28-65-38-11-4-10-36-42(38)37(58)19-17-34(45(36)62)35-18-20-39(59)52-48(35)63/h1-4,8-11,13-16,29,31,34-35H,5-7,12,17-28H2,(H2,49,50,51)(H,52,59,63)/t31-,34?,35?/m1/s1. The fraction of sp³-hybridized carbons (Fsp3) is 0.396. The van der Waals surface area contributed by atoms with Gasteiger partial charge in [0.2, 0.25) is 23.6 Å². The molecule has 336 valence electrons. The van der Waals surface area contributed by atoms with E-state index in [1.54, 1.807) is 18.2 Å². The normalized spacial score (nSPS) is 20.6. The van der Waals surface area contributed by atoms with Crippen molar-refractivity contribution in [2.45, 2.75) is 62.3 Å². The summed E-state index contributed by atoms with van der Waals surface area (Å²) in [7, 11) is 0. The minimum absolute atomic E-state index is 0.0477. The number of ketones is 2. The van der Waals surface area contributed by atoms with Gasteiger partial charge in [-0.25, -0.2) is 14.6 Å². The van der Waals surface area contributed by atoms with Crippen LogP contribution < -0.4 is 15.8 Å². The Morgan fingerprint density at radius 3 is 2.35 bits per heavy atom. The smallest absolute Gasteiger partial charge is 0.233 e. The number of amides is 4. The molecule has 3 fully saturated rings. The van der Waals surface area contributed by atoms with Gasteiger partial charge in [-0.1, -0.05) is 30.3 Å². The van der Waals surface area contributed by atoms with E-state index < -0.39 is 17.7 Å². The molecular formula is C48H51N9O7S. The molecule has 5 aromatic rings. The largest absolute Gasteiger partial charge is 0.457 e. The molecule has 3 aromatic carbocycles. The van der Waals surface area contributed by atoms with Crippen molar-refractivity contribution in [1.82, 2.24) is 39.8 Å². The van der Waals surface area contributed by atoms with Crippen LogP contribution in [-0.2, 0) is 19.2 Å². The molecule has 2 unspecified atom stereocenters. The number of para-hydroxylation sites is 1. The van der Waals surface area contributed by atoms with E-state index in [9.17, 15) is 28.8 Å². The topological polar surface area (TPSA) is 203 Å². The number of nitrogens with two attached hydrogens (primary N) is 1. The van der Waals surface area contributed by atoms with Gasteiger partial charge < -0.3 is 20.3 Å². The van der Waals surface area contributed by atoms with Crippen LogP contribution >= 0.6 is 11.8 Å². The number of rotatable bonds is 12. The number of fused-ring (bicyclic) bond motifs is 2. The maximum Gasteiger partial charge on any atom is 0.233 e. The summed E-state index contributed by atoms with van der Waals surface area (Å²) in [6.07, 6.45) is 5.02. The summed E-state index contributed by atoms with van der Waals surface area (Å²) in [5.74, 6) is -0.630. The van der Waals surface area contributed by atoms with Gasteiger partial charge in [-0.05, 0) is 81.1 Å². The fourth-order valence-corrected chi connectivity index (χ4v) is 10.6. The number of nitrogens with zero attached hydrogens (tertiary/aromatic N) is 7. The summed E-state index contributed by atoms with van der Waals surface area (Å²) >= 11 is 1.26. The van der Waals surface area contributed by atoms with Crippen molar-refractivity contribution in [3.63, 3.8) is 0 Å². The number of likely N-dealkylation sites (tertiary alicyclic amines) is 1. The van der Waals surface area contributed by atoms with Crippen molar-refractivity contribution in [2.75, 3.05) is 57.3 Å². The second-order valence-corrected chi connectivity index (χ2v) is 18.1. The minimum Gasteiger partial charge on any atom is -0.457 e. The number of imide groups is 1. The summed E-state index contributed by atoms with van der Waals surface area (Å²) in [6.45, 7) is 4.42. The number of piperazine rings is 1. The molecule has 3 atom stereocenters. The van der Waals surface area contributed by atoms with Gasteiger partial charge in [-0.15, -0.1) is 11.8 Å². The molecule has 4 amide bonds. The second kappa shape index (κ2) is 19.3. The average molecular weight is 898 g/mol. The molecule has 17 heteroatoms. The first-order valence-electron chi connectivity index (χ1n) is 22.4. The second-order valence-electron chi connectivity index (χ2n) is 17.1. The van der Waals surface area contributed by atoms with E-state index in [4.69, 9.17) is 15.6 Å². The first kappa shape index (κ1) is 43.8. The first-order chi connectivity index (χ1) is 31.6. The van der Waals surface area contributed by atoms with E-state index in [1.165, 1.54) is 18.1 Å². The van der Waals surface area contributed by atoms with E-state index in [0.29, 0.717) is 90.9 Å². The van der Waals surface area contributed by atoms with Crippen LogP contribution in [0.1, 0.15) is 78.1 Å². The highest BCUT2D eigenvalue weighted by Crippen LogP contribution is 2.38. The first-order valence-corrected chi connectivity index (χ1v) is 23.4. The predicted octanol–water partition coefficient (Wildman–Crippen LogP) is 5.58. The van der Waals surface area contributed by atoms with E-state index in [1.807, 2.05) is 69.1 Å². The number of piperidine rings is 2. The van der Waals surface area contributed by atoms with Crippen molar-refractivity contribution in [3.05, 3.63) is 90.3 Å². The molecule has 3 N–H and O–H groups in total. The van der Waals surface area contributed by atoms with Gasteiger partial charge in [0.1, 0.15) is 29.3 Å². The molecule has 9 rings (SSSR count). The SMILES string of the molecule is Nc1ncnc2c1c(-c1ccc(Oc3ccccc3)cc1)nn2[C@@H]1CCCN(C(=O)CCCN2CCN(C(=O)CSc3cccc4c3C(=O)CCC(C3CCC(=O)NC3=O)C4=O)CC2)C1. The summed E-state index contributed by atoms with van der Waals surface area (Å²) in [6, 6.07) is 22.3. The maximum absolute atomic E-state index is 13.7. The van der Waals surface area contributed by atoms with Gasteiger partial charge in [0.25, 0.3) is 0 Å². The van der Waals surface area contributed by atoms with Crippen LogP contribution in [0.25, 0.3) is 22.3 Å². The summed E-state index contributed by atoms with van der Waals surface area (Å²) < 4.78 is 7.90. The van der Waals surface area contributed by atoms with Crippen LogP contribution in [0.3, 0.4) is 0 Å². The molecule has 16 nitrogen and oxygen atoms in total. The predicted molar refractivity (Wildman–Crippen MR) is 243 cm³/mol. The summed E-state index contributed by atoms with van der Waals surface area (Å²) in [4.78, 5) is 94.0. The number of ether oxygens (including phenoxy) is 1. The fourth-order valence-electron chi connectivity index (χ4n) is 9.57. The lowest BCUT2D eigenvalue weighted by molar-refractivity contribution is -0.137. The van der Waals surface area contributed by atoms with Gasteiger partial charge in [0, 0.05) is 92.0 Å². The van der Waals surface area contributed by atoms with Crippen LogP contribution in [0.5, 0.6) is 11.5 Å². The third kappa shape index (κ3) is 9.52. The van der Waals surface area contributed by atoms with Crippen LogP contribution in [0.15, 0.2) is 84.0 Å². The van der Waals surface area contributed by atoms with E-state index >= 15 is 0 Å². The number of benzene rings is 3. The zero-order chi connectivity index (χ0) is 45.0. The Kier molecular flexibility index (Phi) is 13.0. The van der Waals surface area contributed by atoms with Crippen LogP contribution in [-0.4, -0.2) is 121 Å². The van der Waals surface area contributed by atoms with Gasteiger partial charge in [-0.2, -0.15) is 5.10 Å². The number of carbonyl (C=O) groups excluding carboxylic acids is 6. The zero-order valence-electron chi connectivity index (χ0n) is 36.0. The Morgan fingerprint density at radius 1 is 0.800 bits per heavy atom. The lowest BCUT2D eigenvalue weighted by Crippen LogP contribution is -2.49. The number of aromatic nitrogens is 4. The number of hydrogen-bond acceptors (Lipinski definition) is 13. The highest BCUT2D eigenvalue weighted by Gasteiger charge is 2.41. The Morgan fingerprint density at radius 2 is 1.57 bits per heavy atom. The van der Waals surface area contributed by atoms with Crippen molar-refractivity contribution in [3.8, 4) is 22.8 Å². The van der Waals surface area contributed by atoms with E-state index in [-0.39, 0.29) is 72.3 Å². The average Bonchev–Trinajstić information content (AvgIpc) is 3.67. The highest BCUT2D eigenvalue weighted by atomic mass is 32.2. The Bertz CT molecular complexity index is 2630. The minimum atomic E-state index is -0.681. The zero-order valence-corrected chi connectivity index (χ0v) is 36.8. The summed E-state index contributed by atoms with van der Waals surface area (Å²) in [5.41, 5.74) is 9.19. The number of Topliss-reactive ketones (excluding diaryl/α,β-unsaturated/α-hetero) is 2. The maximum atomic E-state index is 13.7. The van der Waals surface area contributed by atoms with Gasteiger partial charge in [0.15, 0.2) is 17.2 Å². The number of hydrogen-bond donors (Lipinski definition) is 2. The van der Waals surface area contributed by atoms with E-state index in [2.05, 4.69) is 20.2 Å². The van der Waals surface area contributed by atoms with Crippen LogP contribution in [0.2, 0.25) is 0 Å². The van der Waals surface area contributed by atoms with E-state index in [0.717, 1.165) is 30.7 Å². The molecule has 3 saturated heterocycles.